The first kappa shape index (κ1) is 11.5. The smallest absolute Gasteiger partial charge is 0.253 e. The van der Waals surface area contributed by atoms with Gasteiger partial charge in [-0.1, -0.05) is 13.8 Å². The minimum atomic E-state index is -0.142. The Morgan fingerprint density at radius 1 is 1.47 bits per heavy atom. The molecule has 1 unspecified atom stereocenters. The summed E-state index contributed by atoms with van der Waals surface area (Å²) in [4.78, 5) is 15.6. The van der Waals surface area contributed by atoms with Gasteiger partial charge in [0.05, 0.1) is 17.4 Å². The second-order valence-corrected chi connectivity index (χ2v) is 3.97. The van der Waals surface area contributed by atoms with Crippen molar-refractivity contribution in [2.24, 2.45) is 5.92 Å². The van der Waals surface area contributed by atoms with E-state index in [4.69, 9.17) is 5.73 Å². The third-order valence-electron chi connectivity index (χ3n) is 2.46. The number of nitrogen functional groups attached to an aromatic ring is 1. The molecule has 82 valence electrons. The van der Waals surface area contributed by atoms with Gasteiger partial charge in [-0.15, -0.1) is 0 Å². The summed E-state index contributed by atoms with van der Waals surface area (Å²) in [6.45, 7) is 6.08. The molecule has 1 amide bonds. The van der Waals surface area contributed by atoms with E-state index in [0.29, 0.717) is 17.2 Å². The summed E-state index contributed by atoms with van der Waals surface area (Å²) in [6.07, 6.45) is 3.04. The standard InChI is InChI=1S/C11H17N3O/c1-7(2)8(3)14-11(15)9-4-5-13-6-10(9)12/h4-8H,12H2,1-3H3,(H,14,15). The maximum absolute atomic E-state index is 11.8. The molecule has 0 aliphatic rings. The van der Waals surface area contributed by atoms with Gasteiger partial charge in [-0.25, -0.2) is 0 Å². The molecule has 0 fully saturated rings. The van der Waals surface area contributed by atoms with Crippen molar-refractivity contribution in [3.8, 4) is 0 Å². The lowest BCUT2D eigenvalue weighted by molar-refractivity contribution is 0.0931. The quantitative estimate of drug-likeness (QED) is 0.788. The summed E-state index contributed by atoms with van der Waals surface area (Å²) in [5, 5.41) is 2.89. The van der Waals surface area contributed by atoms with E-state index in [-0.39, 0.29) is 11.9 Å². The molecule has 0 saturated carbocycles. The minimum absolute atomic E-state index is 0.130. The number of nitrogens with two attached hydrogens (primary N) is 1. The number of nitrogens with one attached hydrogen (secondary N) is 1. The van der Waals surface area contributed by atoms with Gasteiger partial charge in [-0.3, -0.25) is 9.78 Å². The fourth-order valence-electron chi connectivity index (χ4n) is 1.06. The molecule has 0 aliphatic carbocycles. The fraction of sp³-hybridized carbons (Fsp3) is 0.455. The minimum Gasteiger partial charge on any atom is -0.397 e. The average Bonchev–Trinajstić information content (AvgIpc) is 2.18. The monoisotopic (exact) mass is 207 g/mol. The van der Waals surface area contributed by atoms with Crippen LogP contribution >= 0.6 is 0 Å². The van der Waals surface area contributed by atoms with Crippen molar-refractivity contribution in [3.63, 3.8) is 0 Å². The Balaban J connectivity index is 2.74. The number of rotatable bonds is 3. The van der Waals surface area contributed by atoms with Crippen LogP contribution in [-0.2, 0) is 0 Å². The highest BCUT2D eigenvalue weighted by Crippen LogP contribution is 2.09. The Hall–Kier alpha value is -1.58. The van der Waals surface area contributed by atoms with Gasteiger partial charge in [-0.2, -0.15) is 0 Å². The molecule has 0 radical (unpaired) electrons. The number of carbonyl (C=O) groups is 1. The zero-order chi connectivity index (χ0) is 11.4. The number of aromatic nitrogens is 1. The lowest BCUT2D eigenvalue weighted by Crippen LogP contribution is -2.36. The van der Waals surface area contributed by atoms with Crippen LogP contribution < -0.4 is 11.1 Å². The molecule has 4 heteroatoms. The fourth-order valence-corrected chi connectivity index (χ4v) is 1.06. The molecule has 0 aromatic carbocycles. The summed E-state index contributed by atoms with van der Waals surface area (Å²) in [6, 6.07) is 1.75. The van der Waals surface area contributed by atoms with Crippen LogP contribution in [-0.4, -0.2) is 16.9 Å². The highest BCUT2D eigenvalue weighted by molar-refractivity contribution is 5.98. The highest BCUT2D eigenvalue weighted by atomic mass is 16.1. The predicted molar refractivity (Wildman–Crippen MR) is 60.4 cm³/mol. The first-order valence-corrected chi connectivity index (χ1v) is 5.02. The van der Waals surface area contributed by atoms with Crippen molar-refractivity contribution >= 4 is 11.6 Å². The van der Waals surface area contributed by atoms with E-state index in [0.717, 1.165) is 0 Å². The van der Waals surface area contributed by atoms with E-state index in [1.54, 1.807) is 12.3 Å². The Morgan fingerprint density at radius 3 is 2.67 bits per heavy atom. The maximum atomic E-state index is 11.8. The van der Waals surface area contributed by atoms with E-state index >= 15 is 0 Å². The second kappa shape index (κ2) is 4.77. The van der Waals surface area contributed by atoms with Gasteiger partial charge in [0.1, 0.15) is 0 Å². The van der Waals surface area contributed by atoms with Crippen molar-refractivity contribution in [1.82, 2.24) is 10.3 Å². The Morgan fingerprint density at radius 2 is 2.13 bits per heavy atom. The third-order valence-corrected chi connectivity index (χ3v) is 2.46. The van der Waals surface area contributed by atoms with Gasteiger partial charge in [0.25, 0.3) is 5.91 Å². The van der Waals surface area contributed by atoms with E-state index in [1.165, 1.54) is 6.20 Å². The highest BCUT2D eigenvalue weighted by Gasteiger charge is 2.14. The van der Waals surface area contributed by atoms with Crippen molar-refractivity contribution in [3.05, 3.63) is 24.0 Å². The molecule has 0 spiro atoms. The van der Waals surface area contributed by atoms with Gasteiger partial charge in [0.2, 0.25) is 0 Å². The number of hydrogen-bond donors (Lipinski definition) is 2. The van der Waals surface area contributed by atoms with Gasteiger partial charge < -0.3 is 11.1 Å². The van der Waals surface area contributed by atoms with Gasteiger partial charge in [0.15, 0.2) is 0 Å². The van der Waals surface area contributed by atoms with E-state index < -0.39 is 0 Å². The molecule has 4 nitrogen and oxygen atoms in total. The summed E-state index contributed by atoms with van der Waals surface area (Å²) < 4.78 is 0. The molecular weight excluding hydrogens is 190 g/mol. The number of carbonyl (C=O) groups excluding carboxylic acids is 1. The Labute approximate surface area is 89.9 Å². The van der Waals surface area contributed by atoms with Crippen LogP contribution in [0.25, 0.3) is 0 Å². The molecule has 1 aromatic rings. The van der Waals surface area contributed by atoms with Crippen LogP contribution in [0.2, 0.25) is 0 Å². The normalized spacial score (nSPS) is 12.5. The van der Waals surface area contributed by atoms with Crippen LogP contribution in [0.4, 0.5) is 5.69 Å². The molecule has 1 rings (SSSR count). The lowest BCUT2D eigenvalue weighted by Gasteiger charge is -2.17. The topological polar surface area (TPSA) is 68.0 Å². The molecule has 0 bridgehead atoms. The van der Waals surface area contributed by atoms with Gasteiger partial charge in [-0.05, 0) is 18.9 Å². The van der Waals surface area contributed by atoms with Crippen LogP contribution in [0.3, 0.4) is 0 Å². The number of pyridine rings is 1. The third kappa shape index (κ3) is 2.94. The number of amides is 1. The van der Waals surface area contributed by atoms with Crippen LogP contribution in [0.1, 0.15) is 31.1 Å². The molecule has 15 heavy (non-hydrogen) atoms. The van der Waals surface area contributed by atoms with Gasteiger partial charge >= 0.3 is 0 Å². The van der Waals surface area contributed by atoms with Crippen molar-refractivity contribution in [2.75, 3.05) is 5.73 Å². The van der Waals surface area contributed by atoms with Crippen LogP contribution in [0, 0.1) is 5.92 Å². The van der Waals surface area contributed by atoms with Gasteiger partial charge in [0, 0.05) is 12.2 Å². The van der Waals surface area contributed by atoms with E-state index in [1.807, 2.05) is 6.92 Å². The molecular formula is C11H17N3O. The summed E-state index contributed by atoms with van der Waals surface area (Å²) in [7, 11) is 0. The average molecular weight is 207 g/mol. The molecule has 0 saturated heterocycles. The lowest BCUT2D eigenvalue weighted by atomic mass is 10.1. The predicted octanol–water partition coefficient (Wildman–Crippen LogP) is 1.44. The molecule has 0 aliphatic heterocycles. The van der Waals surface area contributed by atoms with Crippen molar-refractivity contribution in [2.45, 2.75) is 26.8 Å². The summed E-state index contributed by atoms with van der Waals surface area (Å²) in [5.41, 5.74) is 6.54. The number of hydrogen-bond acceptors (Lipinski definition) is 3. The zero-order valence-corrected chi connectivity index (χ0v) is 9.32. The SMILES string of the molecule is CC(C)C(C)NC(=O)c1ccncc1N. The van der Waals surface area contributed by atoms with Crippen LogP contribution in [0.5, 0.6) is 0 Å². The van der Waals surface area contributed by atoms with Crippen molar-refractivity contribution < 1.29 is 4.79 Å². The molecule has 1 aromatic heterocycles. The summed E-state index contributed by atoms with van der Waals surface area (Å²) >= 11 is 0. The Kier molecular flexibility index (Phi) is 3.66. The number of nitrogens with zero attached hydrogens (tertiary/aromatic N) is 1. The van der Waals surface area contributed by atoms with E-state index in [9.17, 15) is 4.79 Å². The largest absolute Gasteiger partial charge is 0.397 e. The van der Waals surface area contributed by atoms with E-state index in [2.05, 4.69) is 24.1 Å². The summed E-state index contributed by atoms with van der Waals surface area (Å²) in [5.74, 6) is 0.258. The first-order chi connectivity index (χ1) is 7.02. The Bertz CT molecular complexity index is 349. The number of anilines is 1. The first-order valence-electron chi connectivity index (χ1n) is 5.02. The molecule has 1 atom stereocenters. The molecule has 3 N–H and O–H groups in total. The maximum Gasteiger partial charge on any atom is 0.253 e. The molecule has 1 heterocycles. The second-order valence-electron chi connectivity index (χ2n) is 3.97. The van der Waals surface area contributed by atoms with Crippen LogP contribution in [0.15, 0.2) is 18.5 Å². The van der Waals surface area contributed by atoms with Crippen molar-refractivity contribution in [1.29, 1.82) is 0 Å². The zero-order valence-electron chi connectivity index (χ0n) is 9.32.